The fourth-order valence-electron chi connectivity index (χ4n) is 2.45. The van der Waals surface area contributed by atoms with Gasteiger partial charge in [-0.15, -0.1) is 0 Å². The maximum Gasteiger partial charge on any atom is 0.417 e. The van der Waals surface area contributed by atoms with Gasteiger partial charge in [0.2, 0.25) is 5.91 Å². The van der Waals surface area contributed by atoms with Gasteiger partial charge in [-0.3, -0.25) is 4.79 Å². The zero-order chi connectivity index (χ0) is 19.6. The molecule has 27 heavy (non-hydrogen) atoms. The Labute approximate surface area is 164 Å². The minimum atomic E-state index is -0.662. The second kappa shape index (κ2) is 10.7. The molecule has 1 atom stereocenters. The highest BCUT2D eigenvalue weighted by molar-refractivity contribution is 6.30. The molecule has 2 rings (SSSR count). The molecule has 0 aliphatic carbocycles. The first kappa shape index (κ1) is 20.9. The average Bonchev–Trinajstić information content (AvgIpc) is 2.65. The lowest BCUT2D eigenvalue weighted by molar-refractivity contribution is -0.128. The van der Waals surface area contributed by atoms with E-state index in [1.54, 1.807) is 6.07 Å². The minimum Gasteiger partial charge on any atom is -0.443 e. The number of carbonyl (C=O) groups excluding carboxylic acids is 2. The van der Waals surface area contributed by atoms with Crippen molar-refractivity contribution in [2.75, 3.05) is 6.61 Å². The van der Waals surface area contributed by atoms with E-state index in [0.29, 0.717) is 18.1 Å². The smallest absolute Gasteiger partial charge is 0.417 e. The van der Waals surface area contributed by atoms with E-state index in [-0.39, 0.29) is 19.1 Å². The lowest BCUT2D eigenvalue weighted by atomic mass is 10.2. The van der Waals surface area contributed by atoms with E-state index in [4.69, 9.17) is 21.1 Å². The molecule has 2 aromatic rings. The van der Waals surface area contributed by atoms with E-state index in [0.717, 1.165) is 16.0 Å². The van der Waals surface area contributed by atoms with Crippen LogP contribution in [0.4, 0.5) is 4.79 Å². The third-order valence-corrected chi connectivity index (χ3v) is 4.20. The van der Waals surface area contributed by atoms with Crippen LogP contribution < -0.4 is 0 Å². The molecule has 144 valence electrons. The van der Waals surface area contributed by atoms with Crippen molar-refractivity contribution in [3.8, 4) is 0 Å². The van der Waals surface area contributed by atoms with Gasteiger partial charge in [0.05, 0.1) is 19.8 Å². The van der Waals surface area contributed by atoms with Crippen LogP contribution in [-0.2, 0) is 27.4 Å². The monoisotopic (exact) mass is 389 g/mol. The molecular formula is C21H24ClNO4. The van der Waals surface area contributed by atoms with Crippen LogP contribution >= 0.6 is 11.6 Å². The van der Waals surface area contributed by atoms with Gasteiger partial charge in [0, 0.05) is 11.9 Å². The molecule has 0 heterocycles. The molecule has 0 aliphatic heterocycles. The summed E-state index contributed by atoms with van der Waals surface area (Å²) in [5.74, 6) is -0.362. The molecule has 0 N–H and O–H groups in total. The van der Waals surface area contributed by atoms with Gasteiger partial charge in [0.1, 0.15) is 6.10 Å². The van der Waals surface area contributed by atoms with Crippen LogP contribution in [-0.4, -0.2) is 29.6 Å². The number of benzene rings is 2. The van der Waals surface area contributed by atoms with Crippen LogP contribution in [0.3, 0.4) is 0 Å². The maximum atomic E-state index is 12.4. The highest BCUT2D eigenvalue weighted by Gasteiger charge is 2.23. The van der Waals surface area contributed by atoms with Gasteiger partial charge in [-0.25, -0.2) is 9.69 Å². The van der Waals surface area contributed by atoms with Crippen molar-refractivity contribution >= 4 is 23.6 Å². The van der Waals surface area contributed by atoms with Crippen LogP contribution in [0.15, 0.2) is 54.6 Å². The molecule has 1 unspecified atom stereocenters. The lowest BCUT2D eigenvalue weighted by Crippen LogP contribution is -2.38. The van der Waals surface area contributed by atoms with E-state index < -0.39 is 12.2 Å². The Morgan fingerprint density at radius 1 is 1.07 bits per heavy atom. The molecule has 0 bridgehead atoms. The summed E-state index contributed by atoms with van der Waals surface area (Å²) in [6.07, 6.45) is -0.517. The quantitative estimate of drug-likeness (QED) is 0.649. The zero-order valence-corrected chi connectivity index (χ0v) is 16.3. The molecule has 5 nitrogen and oxygen atoms in total. The van der Waals surface area contributed by atoms with Gasteiger partial charge < -0.3 is 9.47 Å². The summed E-state index contributed by atoms with van der Waals surface area (Å²) in [6.45, 7) is 4.03. The molecule has 0 spiro atoms. The summed E-state index contributed by atoms with van der Waals surface area (Å²) >= 11 is 5.95. The molecule has 0 radical (unpaired) electrons. The number of hydrogen-bond donors (Lipinski definition) is 0. The van der Waals surface area contributed by atoms with Crippen LogP contribution in [0.5, 0.6) is 0 Å². The summed E-state index contributed by atoms with van der Waals surface area (Å²) in [5.41, 5.74) is 1.80. The number of imide groups is 1. The number of carbonyl (C=O) groups is 2. The second-order valence-corrected chi connectivity index (χ2v) is 6.59. The van der Waals surface area contributed by atoms with Crippen molar-refractivity contribution in [3.63, 3.8) is 0 Å². The Bertz CT molecular complexity index is 751. The lowest BCUT2D eigenvalue weighted by Gasteiger charge is -2.23. The van der Waals surface area contributed by atoms with E-state index in [9.17, 15) is 9.59 Å². The van der Waals surface area contributed by atoms with E-state index in [1.807, 2.05) is 55.5 Å². The fraction of sp³-hybridized carbons (Fsp3) is 0.333. The number of hydrogen-bond acceptors (Lipinski definition) is 4. The van der Waals surface area contributed by atoms with Crippen molar-refractivity contribution in [1.29, 1.82) is 0 Å². The first-order valence-corrected chi connectivity index (χ1v) is 9.22. The predicted octanol–water partition coefficient (Wildman–Crippen LogP) is 4.82. The number of ether oxygens (including phenoxy) is 2. The van der Waals surface area contributed by atoms with Crippen molar-refractivity contribution in [1.82, 2.24) is 4.90 Å². The van der Waals surface area contributed by atoms with E-state index in [1.165, 1.54) is 6.92 Å². The summed E-state index contributed by atoms with van der Waals surface area (Å²) in [5, 5.41) is 0.646. The van der Waals surface area contributed by atoms with Crippen LogP contribution in [0.2, 0.25) is 5.02 Å². The third-order valence-electron chi connectivity index (χ3n) is 3.97. The minimum absolute atomic E-state index is 0.175. The highest BCUT2D eigenvalue weighted by Crippen LogP contribution is 2.13. The van der Waals surface area contributed by atoms with Crippen LogP contribution in [0, 0.1) is 0 Å². The Morgan fingerprint density at radius 3 is 2.41 bits per heavy atom. The molecule has 0 fully saturated rings. The SMILES string of the molecule is CCC(COCc1cccc(Cl)c1)OC(=O)N(Cc1ccccc1)C(C)=O. The molecular weight excluding hydrogens is 366 g/mol. The van der Waals surface area contributed by atoms with E-state index in [2.05, 4.69) is 0 Å². The average molecular weight is 390 g/mol. The molecule has 0 aliphatic rings. The van der Waals surface area contributed by atoms with E-state index >= 15 is 0 Å². The van der Waals surface area contributed by atoms with Gasteiger partial charge >= 0.3 is 6.09 Å². The summed E-state index contributed by atoms with van der Waals surface area (Å²) in [7, 11) is 0. The van der Waals surface area contributed by atoms with Crippen LogP contribution in [0.1, 0.15) is 31.4 Å². The first-order chi connectivity index (χ1) is 13.0. The second-order valence-electron chi connectivity index (χ2n) is 6.15. The first-order valence-electron chi connectivity index (χ1n) is 8.84. The zero-order valence-electron chi connectivity index (χ0n) is 15.6. The van der Waals surface area contributed by atoms with Gasteiger partial charge in [-0.05, 0) is 29.7 Å². The third kappa shape index (κ3) is 7.04. The number of amides is 2. The Morgan fingerprint density at radius 2 is 1.78 bits per heavy atom. The fourth-order valence-corrected chi connectivity index (χ4v) is 2.66. The molecule has 2 aromatic carbocycles. The number of nitrogens with zero attached hydrogens (tertiary/aromatic N) is 1. The largest absolute Gasteiger partial charge is 0.443 e. The molecule has 0 saturated carbocycles. The van der Waals surface area contributed by atoms with Gasteiger partial charge in [0.15, 0.2) is 0 Å². The Kier molecular flexibility index (Phi) is 8.30. The number of rotatable bonds is 8. The topological polar surface area (TPSA) is 55.8 Å². The van der Waals surface area contributed by atoms with Crippen molar-refractivity contribution < 1.29 is 19.1 Å². The highest BCUT2D eigenvalue weighted by atomic mass is 35.5. The Hall–Kier alpha value is -2.37. The molecule has 0 aromatic heterocycles. The summed E-state index contributed by atoms with van der Waals surface area (Å²) in [6, 6.07) is 16.7. The summed E-state index contributed by atoms with van der Waals surface area (Å²) in [4.78, 5) is 25.4. The van der Waals surface area contributed by atoms with Gasteiger partial charge in [-0.2, -0.15) is 0 Å². The maximum absolute atomic E-state index is 12.4. The van der Waals surface area contributed by atoms with Crippen molar-refractivity contribution in [3.05, 3.63) is 70.7 Å². The molecule has 0 saturated heterocycles. The van der Waals surface area contributed by atoms with Gasteiger partial charge in [0.25, 0.3) is 0 Å². The standard InChI is InChI=1S/C21H24ClNO4/c1-3-20(15-26-14-18-10-7-11-19(22)12-18)27-21(25)23(16(2)24)13-17-8-5-4-6-9-17/h4-12,20H,3,13-15H2,1-2H3. The summed E-state index contributed by atoms with van der Waals surface area (Å²) < 4.78 is 11.1. The number of halogens is 1. The molecule has 6 heteroatoms. The van der Waals surface area contributed by atoms with Crippen molar-refractivity contribution in [2.24, 2.45) is 0 Å². The van der Waals surface area contributed by atoms with Gasteiger partial charge in [-0.1, -0.05) is 61.0 Å². The predicted molar refractivity (Wildman–Crippen MR) is 104 cm³/mol. The Balaban J connectivity index is 1.88. The van der Waals surface area contributed by atoms with Crippen molar-refractivity contribution in [2.45, 2.75) is 39.5 Å². The van der Waals surface area contributed by atoms with Crippen LogP contribution in [0.25, 0.3) is 0 Å². The normalized spacial score (nSPS) is 11.7. The molecule has 2 amide bonds.